The summed E-state index contributed by atoms with van der Waals surface area (Å²) in [6, 6.07) is 6.70. The first-order valence-electron chi connectivity index (χ1n) is 5.69. The molecule has 0 aromatic carbocycles. The first-order chi connectivity index (χ1) is 9.16. The second-order valence-electron chi connectivity index (χ2n) is 3.87. The van der Waals surface area contributed by atoms with Gasteiger partial charge in [-0.05, 0) is 30.2 Å². The molecule has 19 heavy (non-hydrogen) atoms. The predicted octanol–water partition coefficient (Wildman–Crippen LogP) is 2.48. The van der Waals surface area contributed by atoms with Crippen LogP contribution in [0.1, 0.15) is 15.9 Å². The van der Waals surface area contributed by atoms with E-state index in [1.807, 2.05) is 12.1 Å². The maximum Gasteiger partial charge on any atom is 0.339 e. The summed E-state index contributed by atoms with van der Waals surface area (Å²) in [7, 11) is 0. The van der Waals surface area contributed by atoms with Crippen LogP contribution >= 0.6 is 11.6 Å². The number of pyridine rings is 2. The van der Waals surface area contributed by atoms with E-state index >= 15 is 0 Å². The van der Waals surface area contributed by atoms with Crippen LogP contribution in [0.5, 0.6) is 0 Å². The highest BCUT2D eigenvalue weighted by Gasteiger charge is 2.11. The standard InChI is InChI=1S/C13H12ClN3O2/c14-11-4-3-10(13(18)19)12(17-11)16-7-5-9-2-1-6-15-8-9/h1-4,6,8H,5,7H2,(H,16,17)(H,18,19). The van der Waals surface area contributed by atoms with E-state index in [9.17, 15) is 4.79 Å². The lowest BCUT2D eigenvalue weighted by molar-refractivity contribution is 0.0697. The summed E-state index contributed by atoms with van der Waals surface area (Å²) in [6.07, 6.45) is 4.20. The molecule has 0 unspecified atom stereocenters. The Morgan fingerprint density at radius 3 is 2.89 bits per heavy atom. The summed E-state index contributed by atoms with van der Waals surface area (Å²) in [6.45, 7) is 0.555. The zero-order valence-electron chi connectivity index (χ0n) is 10.0. The number of rotatable bonds is 5. The predicted molar refractivity (Wildman–Crippen MR) is 72.6 cm³/mol. The van der Waals surface area contributed by atoms with Crippen molar-refractivity contribution in [3.63, 3.8) is 0 Å². The van der Waals surface area contributed by atoms with Gasteiger partial charge in [0, 0.05) is 18.9 Å². The summed E-state index contributed by atoms with van der Waals surface area (Å²) >= 11 is 5.76. The number of anilines is 1. The fourth-order valence-corrected chi connectivity index (χ4v) is 1.76. The molecule has 2 rings (SSSR count). The van der Waals surface area contributed by atoms with E-state index in [0.29, 0.717) is 6.54 Å². The van der Waals surface area contributed by atoms with E-state index in [0.717, 1.165) is 12.0 Å². The molecular formula is C13H12ClN3O2. The maximum atomic E-state index is 11.0. The van der Waals surface area contributed by atoms with Crippen LogP contribution in [0.25, 0.3) is 0 Å². The Labute approximate surface area is 115 Å². The quantitative estimate of drug-likeness (QED) is 0.821. The number of carboxylic acids is 1. The van der Waals surface area contributed by atoms with Gasteiger partial charge in [0.1, 0.15) is 16.5 Å². The van der Waals surface area contributed by atoms with E-state index in [-0.39, 0.29) is 16.5 Å². The number of carboxylic acid groups (broad SMARTS) is 1. The van der Waals surface area contributed by atoms with Gasteiger partial charge in [0.2, 0.25) is 0 Å². The molecule has 0 fully saturated rings. The van der Waals surface area contributed by atoms with E-state index < -0.39 is 5.97 Å². The van der Waals surface area contributed by atoms with Crippen LogP contribution in [0, 0.1) is 0 Å². The van der Waals surface area contributed by atoms with Crippen LogP contribution in [0.3, 0.4) is 0 Å². The number of halogens is 1. The van der Waals surface area contributed by atoms with Crippen molar-refractivity contribution in [2.24, 2.45) is 0 Å². The largest absolute Gasteiger partial charge is 0.478 e. The molecule has 5 nitrogen and oxygen atoms in total. The first-order valence-corrected chi connectivity index (χ1v) is 6.07. The SMILES string of the molecule is O=C(O)c1ccc(Cl)nc1NCCc1cccnc1. The van der Waals surface area contributed by atoms with Crippen molar-refractivity contribution < 1.29 is 9.90 Å². The smallest absolute Gasteiger partial charge is 0.339 e. The lowest BCUT2D eigenvalue weighted by Gasteiger charge is -2.08. The highest BCUT2D eigenvalue weighted by atomic mass is 35.5. The molecule has 0 amide bonds. The summed E-state index contributed by atoms with van der Waals surface area (Å²) < 4.78 is 0. The summed E-state index contributed by atoms with van der Waals surface area (Å²) in [5, 5.41) is 12.3. The average Bonchev–Trinajstić information content (AvgIpc) is 2.39. The molecule has 2 N–H and O–H groups in total. The summed E-state index contributed by atoms with van der Waals surface area (Å²) in [4.78, 5) is 19.0. The van der Waals surface area contributed by atoms with Crippen molar-refractivity contribution in [3.05, 3.63) is 52.9 Å². The maximum absolute atomic E-state index is 11.0. The molecule has 2 heterocycles. The molecule has 0 bridgehead atoms. The highest BCUT2D eigenvalue weighted by molar-refractivity contribution is 6.29. The Morgan fingerprint density at radius 2 is 2.21 bits per heavy atom. The van der Waals surface area contributed by atoms with Crippen LogP contribution in [0.15, 0.2) is 36.7 Å². The Bertz CT molecular complexity index is 575. The van der Waals surface area contributed by atoms with Crippen molar-refractivity contribution >= 4 is 23.4 Å². The van der Waals surface area contributed by atoms with Crippen molar-refractivity contribution in [3.8, 4) is 0 Å². The van der Waals surface area contributed by atoms with Crippen LogP contribution < -0.4 is 5.32 Å². The van der Waals surface area contributed by atoms with Gasteiger partial charge in [-0.1, -0.05) is 17.7 Å². The van der Waals surface area contributed by atoms with Gasteiger partial charge >= 0.3 is 5.97 Å². The lowest BCUT2D eigenvalue weighted by Crippen LogP contribution is -2.11. The van der Waals surface area contributed by atoms with Crippen molar-refractivity contribution in [2.75, 3.05) is 11.9 Å². The molecule has 0 spiro atoms. The molecule has 2 aromatic heterocycles. The molecular weight excluding hydrogens is 266 g/mol. The summed E-state index contributed by atoms with van der Waals surface area (Å²) in [5.74, 6) is -0.753. The van der Waals surface area contributed by atoms with Crippen LogP contribution in [0.2, 0.25) is 5.15 Å². The molecule has 0 aliphatic rings. The van der Waals surface area contributed by atoms with Crippen molar-refractivity contribution in [1.82, 2.24) is 9.97 Å². The third-order valence-electron chi connectivity index (χ3n) is 2.52. The number of aromatic nitrogens is 2. The minimum Gasteiger partial charge on any atom is -0.478 e. The molecule has 6 heteroatoms. The van der Waals surface area contributed by atoms with Gasteiger partial charge in [-0.3, -0.25) is 4.98 Å². The second-order valence-corrected chi connectivity index (χ2v) is 4.26. The van der Waals surface area contributed by atoms with Gasteiger partial charge in [0.25, 0.3) is 0 Å². The minimum atomic E-state index is -1.03. The molecule has 0 atom stereocenters. The Morgan fingerprint density at radius 1 is 1.37 bits per heavy atom. The van der Waals surface area contributed by atoms with Gasteiger partial charge < -0.3 is 10.4 Å². The number of carbonyl (C=O) groups is 1. The second kappa shape index (κ2) is 6.15. The molecule has 0 radical (unpaired) electrons. The third kappa shape index (κ3) is 3.66. The molecule has 0 aliphatic heterocycles. The van der Waals surface area contributed by atoms with Crippen LogP contribution in [0.4, 0.5) is 5.82 Å². The fraction of sp³-hybridized carbons (Fsp3) is 0.154. The van der Waals surface area contributed by atoms with Crippen LogP contribution in [-0.4, -0.2) is 27.6 Å². The number of nitrogens with one attached hydrogen (secondary N) is 1. The molecule has 2 aromatic rings. The Hall–Kier alpha value is -2.14. The van der Waals surface area contributed by atoms with Gasteiger partial charge in [-0.2, -0.15) is 0 Å². The lowest BCUT2D eigenvalue weighted by atomic mass is 10.2. The van der Waals surface area contributed by atoms with E-state index in [1.165, 1.54) is 12.1 Å². The van der Waals surface area contributed by atoms with Gasteiger partial charge in [0.15, 0.2) is 0 Å². The van der Waals surface area contributed by atoms with Gasteiger partial charge in [-0.25, -0.2) is 9.78 Å². The molecule has 0 saturated heterocycles. The topological polar surface area (TPSA) is 75.1 Å². The normalized spacial score (nSPS) is 10.2. The Kier molecular flexibility index (Phi) is 4.30. The third-order valence-corrected chi connectivity index (χ3v) is 2.73. The van der Waals surface area contributed by atoms with E-state index in [4.69, 9.17) is 16.7 Å². The zero-order chi connectivity index (χ0) is 13.7. The average molecular weight is 278 g/mol. The Balaban J connectivity index is 2.03. The number of hydrogen-bond donors (Lipinski definition) is 2. The highest BCUT2D eigenvalue weighted by Crippen LogP contribution is 2.16. The van der Waals surface area contributed by atoms with Gasteiger partial charge in [0.05, 0.1) is 0 Å². The number of hydrogen-bond acceptors (Lipinski definition) is 4. The van der Waals surface area contributed by atoms with E-state index in [1.54, 1.807) is 12.4 Å². The zero-order valence-corrected chi connectivity index (χ0v) is 10.8. The summed E-state index contributed by atoms with van der Waals surface area (Å²) in [5.41, 5.74) is 1.17. The molecule has 0 saturated carbocycles. The fourth-order valence-electron chi connectivity index (χ4n) is 1.61. The molecule has 98 valence electrons. The minimum absolute atomic E-state index is 0.107. The number of aromatic carboxylic acids is 1. The number of nitrogens with zero attached hydrogens (tertiary/aromatic N) is 2. The van der Waals surface area contributed by atoms with Crippen LogP contribution in [-0.2, 0) is 6.42 Å². The van der Waals surface area contributed by atoms with Crippen molar-refractivity contribution in [2.45, 2.75) is 6.42 Å². The van der Waals surface area contributed by atoms with E-state index in [2.05, 4.69) is 15.3 Å². The monoisotopic (exact) mass is 277 g/mol. The van der Waals surface area contributed by atoms with Crippen molar-refractivity contribution in [1.29, 1.82) is 0 Å². The van der Waals surface area contributed by atoms with Gasteiger partial charge in [-0.15, -0.1) is 0 Å². The first kappa shape index (κ1) is 13.3. The molecule has 0 aliphatic carbocycles.